The zero-order chi connectivity index (χ0) is 12.8. The Labute approximate surface area is 108 Å². The third kappa shape index (κ3) is 4.07. The van der Waals surface area contributed by atoms with E-state index in [9.17, 15) is 0 Å². The van der Waals surface area contributed by atoms with Gasteiger partial charge in [-0.1, -0.05) is 12.1 Å². The Morgan fingerprint density at radius 3 is 3.11 bits per heavy atom. The molecule has 2 atom stereocenters. The zero-order valence-electron chi connectivity index (χ0n) is 11.3. The molecule has 0 aliphatic carbocycles. The molecule has 5 heteroatoms. The normalized spacial score (nSPS) is 24.3. The van der Waals surface area contributed by atoms with Gasteiger partial charge in [-0.25, -0.2) is 0 Å². The summed E-state index contributed by atoms with van der Waals surface area (Å²) >= 11 is 0. The summed E-state index contributed by atoms with van der Waals surface area (Å²) in [6.07, 6.45) is 7.59. The van der Waals surface area contributed by atoms with Crippen LogP contribution < -0.4 is 0 Å². The van der Waals surface area contributed by atoms with Crippen LogP contribution in [0.2, 0.25) is 0 Å². The van der Waals surface area contributed by atoms with Crippen LogP contribution in [0.4, 0.5) is 0 Å². The fraction of sp³-hybridized carbons (Fsp3) is 0.846. The van der Waals surface area contributed by atoms with Crippen LogP contribution >= 0.6 is 0 Å². The number of aryl methyl sites for hydroxylation is 2. The molecule has 102 valence electrons. The molecule has 0 amide bonds. The molecule has 1 saturated heterocycles. The Bertz CT molecular complexity index is 354. The summed E-state index contributed by atoms with van der Waals surface area (Å²) in [6.45, 7) is 5.77. The molecule has 1 aliphatic heterocycles. The first-order valence-electron chi connectivity index (χ1n) is 6.94. The topological polar surface area (TPSA) is 49.2 Å². The van der Waals surface area contributed by atoms with Gasteiger partial charge in [0.15, 0.2) is 6.29 Å². The molecule has 2 rings (SSSR count). The van der Waals surface area contributed by atoms with Crippen LogP contribution in [0.1, 0.15) is 45.2 Å². The smallest absolute Gasteiger partial charge is 0.157 e. The standard InChI is InChI=1S/C13H23N3O2/c1-3-12-10-16(15-14-12)8-5-9-17-13-7-4-6-11(2)18-13/h10-11,13H,3-9H2,1-2H3. The molecular formula is C13H23N3O2. The number of ether oxygens (including phenoxy) is 2. The second-order valence-electron chi connectivity index (χ2n) is 4.86. The van der Waals surface area contributed by atoms with Crippen LogP contribution in [0.15, 0.2) is 6.20 Å². The monoisotopic (exact) mass is 253 g/mol. The summed E-state index contributed by atoms with van der Waals surface area (Å²) in [5, 5.41) is 8.12. The summed E-state index contributed by atoms with van der Waals surface area (Å²) < 4.78 is 13.3. The first kappa shape index (κ1) is 13.5. The SMILES string of the molecule is CCc1cn(CCCOC2CCCC(C)O2)nn1. The highest BCUT2D eigenvalue weighted by atomic mass is 16.7. The van der Waals surface area contributed by atoms with Crippen molar-refractivity contribution < 1.29 is 9.47 Å². The van der Waals surface area contributed by atoms with Gasteiger partial charge in [-0.3, -0.25) is 4.68 Å². The van der Waals surface area contributed by atoms with E-state index in [1.807, 2.05) is 10.9 Å². The minimum atomic E-state index is -0.00398. The lowest BCUT2D eigenvalue weighted by Crippen LogP contribution is -2.28. The number of aromatic nitrogens is 3. The van der Waals surface area contributed by atoms with Gasteiger partial charge in [0.05, 0.1) is 18.4 Å². The first-order chi connectivity index (χ1) is 8.78. The summed E-state index contributed by atoms with van der Waals surface area (Å²) in [7, 11) is 0. The minimum absolute atomic E-state index is 0.00398. The largest absolute Gasteiger partial charge is 0.353 e. The van der Waals surface area contributed by atoms with Crippen LogP contribution in [0.25, 0.3) is 0 Å². The molecule has 18 heavy (non-hydrogen) atoms. The summed E-state index contributed by atoms with van der Waals surface area (Å²) in [5.74, 6) is 0. The van der Waals surface area contributed by atoms with Crippen molar-refractivity contribution in [1.82, 2.24) is 15.0 Å². The van der Waals surface area contributed by atoms with Crippen LogP contribution in [0, 0.1) is 0 Å². The van der Waals surface area contributed by atoms with E-state index in [4.69, 9.17) is 9.47 Å². The lowest BCUT2D eigenvalue weighted by Gasteiger charge is -2.27. The highest BCUT2D eigenvalue weighted by Gasteiger charge is 2.18. The second kappa shape index (κ2) is 6.85. The molecule has 0 spiro atoms. The van der Waals surface area contributed by atoms with Gasteiger partial charge in [0.25, 0.3) is 0 Å². The molecule has 0 N–H and O–H groups in total. The Hall–Kier alpha value is -0.940. The molecular weight excluding hydrogens is 230 g/mol. The van der Waals surface area contributed by atoms with Gasteiger partial charge in [0, 0.05) is 12.7 Å². The van der Waals surface area contributed by atoms with E-state index in [1.165, 1.54) is 6.42 Å². The third-order valence-electron chi connectivity index (χ3n) is 3.22. The fourth-order valence-electron chi connectivity index (χ4n) is 2.14. The van der Waals surface area contributed by atoms with E-state index in [0.717, 1.165) is 44.5 Å². The lowest BCUT2D eigenvalue weighted by atomic mass is 10.1. The van der Waals surface area contributed by atoms with Gasteiger partial charge in [0.1, 0.15) is 0 Å². The average Bonchev–Trinajstić information content (AvgIpc) is 2.83. The van der Waals surface area contributed by atoms with Crippen molar-refractivity contribution in [2.45, 2.75) is 64.9 Å². The summed E-state index contributed by atoms with van der Waals surface area (Å²) in [6, 6.07) is 0. The van der Waals surface area contributed by atoms with Crippen LogP contribution in [0.3, 0.4) is 0 Å². The summed E-state index contributed by atoms with van der Waals surface area (Å²) in [4.78, 5) is 0. The highest BCUT2D eigenvalue weighted by molar-refractivity contribution is 4.90. The minimum Gasteiger partial charge on any atom is -0.353 e. The average molecular weight is 253 g/mol. The van der Waals surface area contributed by atoms with Crippen molar-refractivity contribution in [2.24, 2.45) is 0 Å². The van der Waals surface area contributed by atoms with Gasteiger partial charge in [-0.2, -0.15) is 0 Å². The van der Waals surface area contributed by atoms with Crippen molar-refractivity contribution >= 4 is 0 Å². The molecule has 2 unspecified atom stereocenters. The Balaban J connectivity index is 1.60. The van der Waals surface area contributed by atoms with Gasteiger partial charge in [0.2, 0.25) is 0 Å². The molecule has 2 heterocycles. The fourth-order valence-corrected chi connectivity index (χ4v) is 2.14. The summed E-state index contributed by atoms with van der Waals surface area (Å²) in [5.41, 5.74) is 1.04. The van der Waals surface area contributed by atoms with Gasteiger partial charge in [-0.15, -0.1) is 5.10 Å². The van der Waals surface area contributed by atoms with Gasteiger partial charge < -0.3 is 9.47 Å². The predicted octanol–water partition coefficient (Wildman–Crippen LogP) is 2.16. The maximum Gasteiger partial charge on any atom is 0.157 e. The van der Waals surface area contributed by atoms with Gasteiger partial charge in [-0.05, 0) is 39.0 Å². The molecule has 0 saturated carbocycles. The Morgan fingerprint density at radius 1 is 1.50 bits per heavy atom. The molecule has 1 aromatic rings. The number of hydrogen-bond donors (Lipinski definition) is 0. The van der Waals surface area contributed by atoms with Crippen molar-refractivity contribution in [3.8, 4) is 0 Å². The highest BCUT2D eigenvalue weighted by Crippen LogP contribution is 2.19. The van der Waals surface area contributed by atoms with Crippen LogP contribution in [-0.4, -0.2) is 34.0 Å². The molecule has 0 aromatic carbocycles. The lowest BCUT2D eigenvalue weighted by molar-refractivity contribution is -0.189. The Kier molecular flexibility index (Phi) is 5.13. The van der Waals surface area contributed by atoms with E-state index in [1.54, 1.807) is 0 Å². The van der Waals surface area contributed by atoms with E-state index in [2.05, 4.69) is 24.2 Å². The van der Waals surface area contributed by atoms with E-state index < -0.39 is 0 Å². The van der Waals surface area contributed by atoms with Gasteiger partial charge >= 0.3 is 0 Å². The number of hydrogen-bond acceptors (Lipinski definition) is 4. The molecule has 0 bridgehead atoms. The first-order valence-corrected chi connectivity index (χ1v) is 6.94. The molecule has 5 nitrogen and oxygen atoms in total. The van der Waals surface area contributed by atoms with Crippen LogP contribution in [0.5, 0.6) is 0 Å². The quantitative estimate of drug-likeness (QED) is 0.729. The predicted molar refractivity (Wildman–Crippen MR) is 68.2 cm³/mol. The Morgan fingerprint density at radius 2 is 2.39 bits per heavy atom. The maximum atomic E-state index is 5.72. The van der Waals surface area contributed by atoms with Crippen molar-refractivity contribution in [1.29, 1.82) is 0 Å². The van der Waals surface area contributed by atoms with Crippen LogP contribution in [-0.2, 0) is 22.4 Å². The van der Waals surface area contributed by atoms with Crippen molar-refractivity contribution in [3.63, 3.8) is 0 Å². The maximum absolute atomic E-state index is 5.72. The molecule has 1 fully saturated rings. The van der Waals surface area contributed by atoms with E-state index in [0.29, 0.717) is 6.10 Å². The number of rotatable bonds is 6. The second-order valence-corrected chi connectivity index (χ2v) is 4.86. The van der Waals surface area contributed by atoms with E-state index >= 15 is 0 Å². The van der Waals surface area contributed by atoms with E-state index in [-0.39, 0.29) is 6.29 Å². The molecule has 1 aromatic heterocycles. The van der Waals surface area contributed by atoms with Crippen molar-refractivity contribution in [3.05, 3.63) is 11.9 Å². The molecule has 1 aliphatic rings. The zero-order valence-corrected chi connectivity index (χ0v) is 11.3. The number of nitrogens with zero attached hydrogens (tertiary/aromatic N) is 3. The third-order valence-corrected chi connectivity index (χ3v) is 3.22. The molecule has 0 radical (unpaired) electrons. The van der Waals surface area contributed by atoms with Crippen molar-refractivity contribution in [2.75, 3.05) is 6.61 Å².